The molecule has 0 saturated carbocycles. The van der Waals surface area contributed by atoms with E-state index < -0.39 is 5.97 Å². The van der Waals surface area contributed by atoms with Gasteiger partial charge < -0.3 is 15.2 Å². The summed E-state index contributed by atoms with van der Waals surface area (Å²) in [6, 6.07) is 6.62. The van der Waals surface area contributed by atoms with E-state index in [0.717, 1.165) is 31.4 Å². The highest BCUT2D eigenvalue weighted by Gasteiger charge is 2.14. The Balaban J connectivity index is 1.69. The number of aromatic carboxylic acids is 1. The predicted molar refractivity (Wildman–Crippen MR) is 78.3 cm³/mol. The largest absolute Gasteiger partial charge is 0.478 e. The van der Waals surface area contributed by atoms with Crippen LogP contribution in [0.5, 0.6) is 0 Å². The number of amides is 1. The minimum Gasteiger partial charge on any atom is -0.478 e. The number of benzene rings is 1. The second-order valence-electron chi connectivity index (χ2n) is 5.29. The molecule has 1 unspecified atom stereocenters. The van der Waals surface area contributed by atoms with Crippen molar-refractivity contribution in [2.75, 3.05) is 13.2 Å². The van der Waals surface area contributed by atoms with Crippen LogP contribution in [0.15, 0.2) is 24.3 Å². The molecule has 1 heterocycles. The number of ether oxygens (including phenoxy) is 1. The first-order chi connectivity index (χ1) is 10.1. The van der Waals surface area contributed by atoms with Crippen molar-refractivity contribution < 1.29 is 19.4 Å². The van der Waals surface area contributed by atoms with E-state index in [1.807, 2.05) is 0 Å². The second-order valence-corrected chi connectivity index (χ2v) is 5.29. The third-order valence-electron chi connectivity index (χ3n) is 3.64. The predicted octanol–water partition coefficient (Wildman–Crippen LogP) is 2.00. The average Bonchev–Trinajstić information content (AvgIpc) is 2.52. The Morgan fingerprint density at radius 1 is 1.24 bits per heavy atom. The van der Waals surface area contributed by atoms with Crippen molar-refractivity contribution in [1.29, 1.82) is 0 Å². The van der Waals surface area contributed by atoms with Gasteiger partial charge in [0.2, 0.25) is 5.91 Å². The lowest BCUT2D eigenvalue weighted by molar-refractivity contribution is -0.122. The summed E-state index contributed by atoms with van der Waals surface area (Å²) in [4.78, 5) is 22.5. The molecule has 0 spiro atoms. The number of nitrogens with one attached hydrogen (secondary N) is 1. The van der Waals surface area contributed by atoms with Crippen LogP contribution in [0.3, 0.4) is 0 Å². The maximum Gasteiger partial charge on any atom is 0.335 e. The zero-order chi connectivity index (χ0) is 15.1. The van der Waals surface area contributed by atoms with E-state index in [2.05, 4.69) is 5.32 Å². The van der Waals surface area contributed by atoms with Gasteiger partial charge in [-0.25, -0.2) is 4.79 Å². The Labute approximate surface area is 124 Å². The molecule has 0 bridgehead atoms. The molecule has 1 fully saturated rings. The number of carboxylic acids is 1. The number of carbonyl (C=O) groups is 2. The second kappa shape index (κ2) is 7.78. The highest BCUT2D eigenvalue weighted by Crippen LogP contribution is 2.12. The molecule has 0 radical (unpaired) electrons. The Bertz CT molecular complexity index is 478. The van der Waals surface area contributed by atoms with Crippen LogP contribution in [0.4, 0.5) is 0 Å². The van der Waals surface area contributed by atoms with Gasteiger partial charge in [0.15, 0.2) is 0 Å². The quantitative estimate of drug-likeness (QED) is 0.840. The summed E-state index contributed by atoms with van der Waals surface area (Å²) < 4.78 is 5.56. The van der Waals surface area contributed by atoms with Crippen LogP contribution in [0.25, 0.3) is 0 Å². The first-order valence-corrected chi connectivity index (χ1v) is 7.35. The lowest BCUT2D eigenvalue weighted by Crippen LogP contribution is -2.35. The fourth-order valence-electron chi connectivity index (χ4n) is 2.36. The van der Waals surface area contributed by atoms with Crippen molar-refractivity contribution in [2.24, 2.45) is 0 Å². The number of hydrogen-bond donors (Lipinski definition) is 2. The molecule has 1 aromatic carbocycles. The van der Waals surface area contributed by atoms with E-state index in [0.29, 0.717) is 19.4 Å². The van der Waals surface area contributed by atoms with Gasteiger partial charge >= 0.3 is 5.97 Å². The summed E-state index contributed by atoms with van der Waals surface area (Å²) >= 11 is 0. The van der Waals surface area contributed by atoms with Gasteiger partial charge in [0.05, 0.1) is 11.7 Å². The Morgan fingerprint density at radius 2 is 2.00 bits per heavy atom. The number of aryl methyl sites for hydroxylation is 1. The molecule has 0 aromatic heterocycles. The van der Waals surface area contributed by atoms with E-state index in [1.165, 1.54) is 0 Å². The van der Waals surface area contributed by atoms with Gasteiger partial charge in [-0.1, -0.05) is 12.1 Å². The molecule has 1 atom stereocenters. The highest BCUT2D eigenvalue weighted by molar-refractivity contribution is 5.87. The van der Waals surface area contributed by atoms with Gasteiger partial charge in [0.1, 0.15) is 0 Å². The average molecular weight is 291 g/mol. The summed E-state index contributed by atoms with van der Waals surface area (Å²) in [6.07, 6.45) is 4.44. The van der Waals surface area contributed by atoms with Gasteiger partial charge in [-0.05, 0) is 43.4 Å². The summed E-state index contributed by atoms with van der Waals surface area (Å²) in [5.74, 6) is -0.932. The molecule has 1 saturated heterocycles. The minimum absolute atomic E-state index is 0.00600. The van der Waals surface area contributed by atoms with Crippen LogP contribution in [0, 0.1) is 0 Å². The number of carboxylic acid groups (broad SMARTS) is 1. The molecule has 5 heteroatoms. The van der Waals surface area contributed by atoms with Crippen molar-refractivity contribution in [3.8, 4) is 0 Å². The molecule has 1 aliphatic rings. The van der Waals surface area contributed by atoms with Crippen molar-refractivity contribution in [3.63, 3.8) is 0 Å². The van der Waals surface area contributed by atoms with Crippen LogP contribution < -0.4 is 5.32 Å². The van der Waals surface area contributed by atoms with Crippen LogP contribution in [0.2, 0.25) is 0 Å². The molecule has 2 N–H and O–H groups in total. The Kier molecular flexibility index (Phi) is 5.75. The van der Waals surface area contributed by atoms with Gasteiger partial charge in [0, 0.05) is 19.6 Å². The van der Waals surface area contributed by atoms with Crippen LogP contribution in [-0.4, -0.2) is 36.2 Å². The number of hydrogen-bond acceptors (Lipinski definition) is 3. The first-order valence-electron chi connectivity index (χ1n) is 7.35. The number of carbonyl (C=O) groups excluding carboxylic acids is 1. The minimum atomic E-state index is -0.938. The Morgan fingerprint density at radius 3 is 2.62 bits per heavy atom. The summed E-state index contributed by atoms with van der Waals surface area (Å²) in [5.41, 5.74) is 1.22. The fraction of sp³-hybridized carbons (Fsp3) is 0.500. The number of rotatable bonds is 6. The molecule has 5 nitrogen and oxygen atoms in total. The van der Waals surface area contributed by atoms with E-state index in [9.17, 15) is 9.59 Å². The van der Waals surface area contributed by atoms with Crippen LogP contribution in [0.1, 0.15) is 41.6 Å². The molecule has 0 aliphatic carbocycles. The fourth-order valence-corrected chi connectivity index (χ4v) is 2.36. The van der Waals surface area contributed by atoms with Crippen molar-refractivity contribution in [2.45, 2.75) is 38.2 Å². The summed E-state index contributed by atoms with van der Waals surface area (Å²) in [7, 11) is 0. The van der Waals surface area contributed by atoms with E-state index in [4.69, 9.17) is 9.84 Å². The van der Waals surface area contributed by atoms with Gasteiger partial charge in [0.25, 0.3) is 0 Å². The monoisotopic (exact) mass is 291 g/mol. The maximum atomic E-state index is 11.8. The standard InChI is InChI=1S/C16H21NO4/c18-15(17-11-14-3-1-2-10-21-14)9-6-12-4-7-13(8-5-12)16(19)20/h4-5,7-8,14H,1-3,6,9-11H2,(H,17,18)(H,19,20). The third-order valence-corrected chi connectivity index (χ3v) is 3.64. The van der Waals surface area contributed by atoms with Gasteiger partial charge in [-0.3, -0.25) is 4.79 Å². The summed E-state index contributed by atoms with van der Waals surface area (Å²) in [6.45, 7) is 1.37. The lowest BCUT2D eigenvalue weighted by Gasteiger charge is -2.22. The smallest absolute Gasteiger partial charge is 0.335 e. The molecule has 1 amide bonds. The maximum absolute atomic E-state index is 11.8. The van der Waals surface area contributed by atoms with Crippen LogP contribution in [-0.2, 0) is 16.0 Å². The van der Waals surface area contributed by atoms with Crippen molar-refractivity contribution in [1.82, 2.24) is 5.32 Å². The van der Waals surface area contributed by atoms with Gasteiger partial charge in [-0.15, -0.1) is 0 Å². The lowest BCUT2D eigenvalue weighted by atomic mass is 10.1. The first kappa shape index (κ1) is 15.5. The zero-order valence-corrected chi connectivity index (χ0v) is 12.0. The zero-order valence-electron chi connectivity index (χ0n) is 12.0. The topological polar surface area (TPSA) is 75.6 Å². The van der Waals surface area contributed by atoms with Crippen molar-refractivity contribution in [3.05, 3.63) is 35.4 Å². The summed E-state index contributed by atoms with van der Waals surface area (Å²) in [5, 5.41) is 11.7. The van der Waals surface area contributed by atoms with E-state index in [-0.39, 0.29) is 17.6 Å². The molecule has 1 aromatic rings. The normalized spacial score (nSPS) is 18.2. The molecule has 1 aliphatic heterocycles. The van der Waals surface area contributed by atoms with Crippen molar-refractivity contribution >= 4 is 11.9 Å². The molecule has 2 rings (SSSR count). The van der Waals surface area contributed by atoms with Crippen LogP contribution >= 0.6 is 0 Å². The molecular formula is C16H21NO4. The third kappa shape index (κ3) is 5.19. The van der Waals surface area contributed by atoms with Gasteiger partial charge in [-0.2, -0.15) is 0 Å². The molecule has 114 valence electrons. The SMILES string of the molecule is O=C(CCc1ccc(C(=O)O)cc1)NCC1CCCCO1. The highest BCUT2D eigenvalue weighted by atomic mass is 16.5. The molecular weight excluding hydrogens is 270 g/mol. The van der Waals surface area contributed by atoms with E-state index in [1.54, 1.807) is 24.3 Å². The van der Waals surface area contributed by atoms with E-state index >= 15 is 0 Å². The Hall–Kier alpha value is -1.88. The molecule has 21 heavy (non-hydrogen) atoms.